The lowest BCUT2D eigenvalue weighted by Gasteiger charge is -2.20. The molecular formula is C20H32O2. The lowest BCUT2D eigenvalue weighted by atomic mass is 9.92. The first kappa shape index (κ1) is 20.7. The molecule has 0 heterocycles. The molecule has 0 aromatic carbocycles. The third kappa shape index (κ3) is 7.11. The Balaban J connectivity index is 0.000000401. The third-order valence-corrected chi connectivity index (χ3v) is 4.12. The zero-order valence-electron chi connectivity index (χ0n) is 14.9. The molecule has 124 valence electrons. The highest BCUT2D eigenvalue weighted by atomic mass is 16.3. The second-order valence-corrected chi connectivity index (χ2v) is 6.98. The Morgan fingerprint density at radius 2 is 2.05 bits per heavy atom. The van der Waals surface area contributed by atoms with Gasteiger partial charge < -0.3 is 10.2 Å². The quantitative estimate of drug-likeness (QED) is 0.597. The number of rotatable bonds is 4. The molecule has 2 heteroatoms. The van der Waals surface area contributed by atoms with Crippen molar-refractivity contribution < 1.29 is 10.2 Å². The maximum atomic E-state index is 9.74. The van der Waals surface area contributed by atoms with E-state index in [1.54, 1.807) is 6.92 Å². The molecule has 1 rings (SSSR count). The van der Waals surface area contributed by atoms with Crippen LogP contribution in [-0.4, -0.2) is 21.4 Å². The molecule has 0 spiro atoms. The molecule has 1 fully saturated rings. The lowest BCUT2D eigenvalue weighted by Crippen LogP contribution is -2.22. The number of aliphatic hydroxyl groups is 2. The number of terminal acetylenes is 1. The van der Waals surface area contributed by atoms with E-state index in [4.69, 9.17) is 6.42 Å². The molecular weight excluding hydrogens is 272 g/mol. The molecule has 1 aliphatic rings. The van der Waals surface area contributed by atoms with Gasteiger partial charge in [0.15, 0.2) is 0 Å². The summed E-state index contributed by atoms with van der Waals surface area (Å²) in [7, 11) is 0. The first-order valence-corrected chi connectivity index (χ1v) is 7.83. The summed E-state index contributed by atoms with van der Waals surface area (Å²) >= 11 is 0. The molecule has 0 aromatic rings. The van der Waals surface area contributed by atoms with Crippen molar-refractivity contribution in [2.75, 3.05) is 0 Å². The smallest absolute Gasteiger partial charge is 0.122 e. The molecule has 0 aromatic heterocycles. The van der Waals surface area contributed by atoms with Crippen molar-refractivity contribution in [2.45, 2.75) is 71.5 Å². The van der Waals surface area contributed by atoms with Crippen molar-refractivity contribution in [1.29, 1.82) is 0 Å². The molecule has 1 saturated carbocycles. The maximum absolute atomic E-state index is 9.74. The molecule has 0 radical (unpaired) electrons. The summed E-state index contributed by atoms with van der Waals surface area (Å²) in [5, 5.41) is 19.1. The van der Waals surface area contributed by atoms with Gasteiger partial charge in [-0.15, -0.1) is 6.42 Å². The van der Waals surface area contributed by atoms with Gasteiger partial charge in [-0.05, 0) is 65.9 Å². The Bertz CT molecular complexity index is 468. The van der Waals surface area contributed by atoms with Gasteiger partial charge in [-0.2, -0.15) is 0 Å². The monoisotopic (exact) mass is 304 g/mol. The topological polar surface area (TPSA) is 40.5 Å². The standard InChI is InChI=1S/2C10H16O/c1-7(2)9-5-6-10(4,11)8(9)3;1-5-10(4,11)8-6-7-9(2)3/h9,11H,1,3,5-6H2,2,4H3;1,7,11H,6,8H2,2-4H3. The number of allylic oxidation sites excluding steroid dienone is 3. The van der Waals surface area contributed by atoms with Gasteiger partial charge in [0.25, 0.3) is 0 Å². The first-order chi connectivity index (χ1) is 9.93. The second-order valence-electron chi connectivity index (χ2n) is 6.98. The molecule has 0 bridgehead atoms. The summed E-state index contributed by atoms with van der Waals surface area (Å²) in [6.07, 6.45) is 10.5. The molecule has 3 atom stereocenters. The predicted octanol–water partition coefficient (Wildman–Crippen LogP) is 4.40. The minimum Gasteiger partial charge on any atom is -0.386 e. The van der Waals surface area contributed by atoms with Crippen molar-refractivity contribution in [3.63, 3.8) is 0 Å². The molecule has 0 aliphatic heterocycles. The third-order valence-electron chi connectivity index (χ3n) is 4.12. The van der Waals surface area contributed by atoms with Crippen molar-refractivity contribution in [3.8, 4) is 12.3 Å². The Kier molecular flexibility index (Phi) is 7.87. The van der Waals surface area contributed by atoms with Crippen molar-refractivity contribution in [2.24, 2.45) is 5.92 Å². The van der Waals surface area contributed by atoms with E-state index in [9.17, 15) is 10.2 Å². The van der Waals surface area contributed by atoms with Gasteiger partial charge in [0.05, 0.1) is 5.60 Å². The van der Waals surface area contributed by atoms with E-state index in [2.05, 4.69) is 25.2 Å². The highest BCUT2D eigenvalue weighted by Gasteiger charge is 2.36. The molecule has 2 N–H and O–H groups in total. The van der Waals surface area contributed by atoms with Crippen LogP contribution in [0, 0.1) is 18.3 Å². The Labute approximate surface area is 136 Å². The summed E-state index contributed by atoms with van der Waals surface area (Å²) < 4.78 is 0. The van der Waals surface area contributed by atoms with Crippen LogP contribution < -0.4 is 0 Å². The zero-order chi connectivity index (χ0) is 17.6. The van der Waals surface area contributed by atoms with E-state index in [1.807, 2.05) is 27.7 Å². The normalized spacial score (nSPS) is 26.3. The van der Waals surface area contributed by atoms with Crippen LogP contribution in [0.25, 0.3) is 0 Å². The van der Waals surface area contributed by atoms with Gasteiger partial charge in [-0.1, -0.05) is 36.3 Å². The van der Waals surface area contributed by atoms with Crippen LogP contribution in [0.4, 0.5) is 0 Å². The largest absolute Gasteiger partial charge is 0.386 e. The van der Waals surface area contributed by atoms with Gasteiger partial charge in [0.2, 0.25) is 0 Å². The van der Waals surface area contributed by atoms with E-state index in [0.29, 0.717) is 12.3 Å². The van der Waals surface area contributed by atoms with Crippen molar-refractivity contribution in [3.05, 3.63) is 36.0 Å². The number of hydrogen-bond donors (Lipinski definition) is 2. The summed E-state index contributed by atoms with van der Waals surface area (Å²) in [6.45, 7) is 17.3. The Morgan fingerprint density at radius 3 is 2.32 bits per heavy atom. The molecule has 3 unspecified atom stereocenters. The van der Waals surface area contributed by atoms with Crippen LogP contribution in [0.1, 0.15) is 60.3 Å². The van der Waals surface area contributed by atoms with Crippen molar-refractivity contribution in [1.82, 2.24) is 0 Å². The highest BCUT2D eigenvalue weighted by Crippen LogP contribution is 2.41. The predicted molar refractivity (Wildman–Crippen MR) is 95.4 cm³/mol. The molecule has 0 amide bonds. The van der Waals surface area contributed by atoms with E-state index in [-0.39, 0.29) is 0 Å². The van der Waals surface area contributed by atoms with Gasteiger partial charge in [0.1, 0.15) is 5.60 Å². The van der Waals surface area contributed by atoms with Crippen LogP contribution in [0.2, 0.25) is 0 Å². The molecule has 0 saturated heterocycles. The maximum Gasteiger partial charge on any atom is 0.122 e. The first-order valence-electron chi connectivity index (χ1n) is 7.83. The van der Waals surface area contributed by atoms with Crippen LogP contribution in [-0.2, 0) is 0 Å². The lowest BCUT2D eigenvalue weighted by molar-refractivity contribution is 0.106. The van der Waals surface area contributed by atoms with Gasteiger partial charge in [-0.25, -0.2) is 0 Å². The second kappa shape index (κ2) is 8.36. The summed E-state index contributed by atoms with van der Waals surface area (Å²) in [4.78, 5) is 0. The van der Waals surface area contributed by atoms with Crippen molar-refractivity contribution >= 4 is 0 Å². The van der Waals surface area contributed by atoms with E-state index in [0.717, 1.165) is 30.4 Å². The zero-order valence-corrected chi connectivity index (χ0v) is 14.9. The molecule has 22 heavy (non-hydrogen) atoms. The van der Waals surface area contributed by atoms with E-state index >= 15 is 0 Å². The highest BCUT2D eigenvalue weighted by molar-refractivity contribution is 5.27. The Hall–Kier alpha value is -1.30. The Morgan fingerprint density at radius 1 is 1.50 bits per heavy atom. The van der Waals surface area contributed by atoms with Gasteiger partial charge in [-0.3, -0.25) is 0 Å². The minimum absolute atomic E-state index is 0.338. The van der Waals surface area contributed by atoms with E-state index in [1.165, 1.54) is 5.57 Å². The summed E-state index contributed by atoms with van der Waals surface area (Å²) in [6, 6.07) is 0. The average Bonchev–Trinajstić information content (AvgIpc) is 2.64. The minimum atomic E-state index is -0.939. The molecule has 2 nitrogen and oxygen atoms in total. The summed E-state index contributed by atoms with van der Waals surface area (Å²) in [5.74, 6) is 2.68. The fourth-order valence-electron chi connectivity index (χ4n) is 2.39. The average molecular weight is 304 g/mol. The van der Waals surface area contributed by atoms with Crippen LogP contribution in [0.3, 0.4) is 0 Å². The fourth-order valence-corrected chi connectivity index (χ4v) is 2.39. The molecule has 1 aliphatic carbocycles. The summed E-state index contributed by atoms with van der Waals surface area (Å²) in [5.41, 5.74) is 1.73. The van der Waals surface area contributed by atoms with Gasteiger partial charge in [0, 0.05) is 5.92 Å². The van der Waals surface area contributed by atoms with E-state index < -0.39 is 11.2 Å². The SMILES string of the molecule is C#CC(C)(O)CCC=C(C)C.C=C(C)C1CCC(C)(O)C1=C. The fraction of sp³-hybridized carbons (Fsp3) is 0.600. The van der Waals surface area contributed by atoms with Crippen LogP contribution >= 0.6 is 0 Å². The van der Waals surface area contributed by atoms with Crippen LogP contribution in [0.15, 0.2) is 36.0 Å². The number of hydrogen-bond acceptors (Lipinski definition) is 2. The van der Waals surface area contributed by atoms with Gasteiger partial charge >= 0.3 is 0 Å². The van der Waals surface area contributed by atoms with Crippen LogP contribution in [0.5, 0.6) is 0 Å².